The van der Waals surface area contributed by atoms with E-state index in [0.29, 0.717) is 0 Å². The second kappa shape index (κ2) is 13.6. The molecule has 2 nitrogen and oxygen atoms in total. The van der Waals surface area contributed by atoms with Gasteiger partial charge in [0.25, 0.3) is 8.32 Å². The molecule has 0 saturated carbocycles. The number of ether oxygens (including phenoxy) is 1. The van der Waals surface area contributed by atoms with Gasteiger partial charge in [-0.1, -0.05) is 137 Å². The monoisotopic (exact) mass is 474 g/mol. The maximum Gasteiger partial charge on any atom is 0.261 e. The summed E-state index contributed by atoms with van der Waals surface area (Å²) in [5.74, 6) is 0. The number of unbranched alkanes of at least 4 members (excludes halogenated alkanes) is 5. The lowest BCUT2D eigenvalue weighted by Gasteiger charge is -2.43. The standard InChI is InChI=1S/C31H42O2Si/c1-31(2,3)34(29-21-13-9-14-22-29,30-23-15-10-16-24-30)33-26-18-7-5-4-6-17-25-32-27-28-19-11-8-12-20-28/h8-16,19-24H,4-7,17-18,25-27H2,1-3H3. The zero-order valence-electron chi connectivity index (χ0n) is 21.3. The van der Waals surface area contributed by atoms with Crippen LogP contribution in [0.2, 0.25) is 5.04 Å². The van der Waals surface area contributed by atoms with E-state index in [9.17, 15) is 0 Å². The lowest BCUT2D eigenvalue weighted by molar-refractivity contribution is 0.116. The van der Waals surface area contributed by atoms with Crippen LogP contribution in [0, 0.1) is 0 Å². The van der Waals surface area contributed by atoms with Crippen molar-refractivity contribution in [3.8, 4) is 0 Å². The number of benzene rings is 3. The maximum atomic E-state index is 6.99. The summed E-state index contributed by atoms with van der Waals surface area (Å²) in [4.78, 5) is 0. The fraction of sp³-hybridized carbons (Fsp3) is 0.419. The summed E-state index contributed by atoms with van der Waals surface area (Å²) >= 11 is 0. The fourth-order valence-electron chi connectivity index (χ4n) is 4.76. The molecular formula is C31H42O2Si. The van der Waals surface area contributed by atoms with E-state index in [1.54, 1.807) is 0 Å². The van der Waals surface area contributed by atoms with Gasteiger partial charge in [-0.05, 0) is 33.8 Å². The summed E-state index contributed by atoms with van der Waals surface area (Å²) in [5, 5.41) is 2.78. The zero-order chi connectivity index (χ0) is 24.1. The SMILES string of the molecule is CC(C)(C)[Si](OCCCCCCCCOCc1ccccc1)(c1ccccc1)c1ccccc1. The minimum Gasteiger partial charge on any atom is -0.407 e. The molecule has 0 unspecified atom stereocenters. The zero-order valence-corrected chi connectivity index (χ0v) is 22.3. The van der Waals surface area contributed by atoms with Crippen LogP contribution in [0.5, 0.6) is 0 Å². The van der Waals surface area contributed by atoms with Crippen molar-refractivity contribution >= 4 is 18.7 Å². The highest BCUT2D eigenvalue weighted by Crippen LogP contribution is 2.36. The van der Waals surface area contributed by atoms with Crippen LogP contribution in [0.15, 0.2) is 91.0 Å². The molecule has 0 heterocycles. The molecule has 0 radical (unpaired) electrons. The Morgan fingerprint density at radius 2 is 1.00 bits per heavy atom. The van der Waals surface area contributed by atoms with Gasteiger partial charge < -0.3 is 9.16 Å². The molecule has 0 aromatic heterocycles. The van der Waals surface area contributed by atoms with E-state index in [2.05, 4.69) is 106 Å². The van der Waals surface area contributed by atoms with E-state index >= 15 is 0 Å². The van der Waals surface area contributed by atoms with Gasteiger partial charge in [-0.25, -0.2) is 0 Å². The number of hydrogen-bond donors (Lipinski definition) is 0. The predicted octanol–water partition coefficient (Wildman–Crippen LogP) is 7.12. The van der Waals surface area contributed by atoms with Crippen LogP contribution in [-0.4, -0.2) is 21.5 Å². The van der Waals surface area contributed by atoms with Crippen molar-refractivity contribution in [1.29, 1.82) is 0 Å². The van der Waals surface area contributed by atoms with Crippen LogP contribution in [0.3, 0.4) is 0 Å². The molecule has 34 heavy (non-hydrogen) atoms. The van der Waals surface area contributed by atoms with Crippen molar-refractivity contribution < 1.29 is 9.16 Å². The number of rotatable bonds is 14. The molecule has 0 saturated heterocycles. The van der Waals surface area contributed by atoms with Crippen LogP contribution < -0.4 is 10.4 Å². The third kappa shape index (κ3) is 7.40. The molecule has 0 bridgehead atoms. The lowest BCUT2D eigenvalue weighted by Crippen LogP contribution is -2.66. The minimum atomic E-state index is -2.38. The van der Waals surface area contributed by atoms with E-state index in [1.807, 2.05) is 6.07 Å². The van der Waals surface area contributed by atoms with E-state index in [0.717, 1.165) is 32.7 Å². The molecule has 0 aliphatic heterocycles. The number of hydrogen-bond acceptors (Lipinski definition) is 2. The Labute approximate surface area is 208 Å². The maximum absolute atomic E-state index is 6.99. The molecule has 0 N–H and O–H groups in total. The Hall–Kier alpha value is -2.20. The minimum absolute atomic E-state index is 0.0510. The second-order valence-electron chi connectivity index (χ2n) is 10.2. The molecule has 3 rings (SSSR count). The molecule has 0 amide bonds. The first kappa shape index (κ1) is 26.4. The van der Waals surface area contributed by atoms with Crippen molar-refractivity contribution in [2.45, 2.75) is 70.9 Å². The van der Waals surface area contributed by atoms with Crippen LogP contribution >= 0.6 is 0 Å². The van der Waals surface area contributed by atoms with Crippen LogP contribution in [0.25, 0.3) is 0 Å². The fourth-order valence-corrected chi connectivity index (χ4v) is 9.37. The van der Waals surface area contributed by atoms with E-state index in [1.165, 1.54) is 41.6 Å². The third-order valence-corrected chi connectivity index (χ3v) is 11.6. The summed E-state index contributed by atoms with van der Waals surface area (Å²) in [6.07, 6.45) is 7.27. The lowest BCUT2D eigenvalue weighted by atomic mass is 10.1. The highest BCUT2D eigenvalue weighted by atomic mass is 28.4. The first-order chi connectivity index (χ1) is 16.5. The van der Waals surface area contributed by atoms with Crippen molar-refractivity contribution in [3.63, 3.8) is 0 Å². The molecule has 0 atom stereocenters. The Balaban J connectivity index is 1.43. The van der Waals surface area contributed by atoms with Gasteiger partial charge in [0.15, 0.2) is 0 Å². The van der Waals surface area contributed by atoms with Crippen molar-refractivity contribution in [2.24, 2.45) is 0 Å². The average Bonchev–Trinajstić information content (AvgIpc) is 2.86. The van der Waals surface area contributed by atoms with Gasteiger partial charge in [0.1, 0.15) is 0 Å². The third-order valence-electron chi connectivity index (χ3n) is 6.53. The smallest absolute Gasteiger partial charge is 0.261 e. The summed E-state index contributed by atoms with van der Waals surface area (Å²) in [5.41, 5.74) is 1.25. The Kier molecular flexibility index (Phi) is 10.6. The Bertz CT molecular complexity index is 880. The summed E-state index contributed by atoms with van der Waals surface area (Å²) in [6, 6.07) is 32.3. The van der Waals surface area contributed by atoms with Gasteiger partial charge >= 0.3 is 0 Å². The molecule has 3 aromatic carbocycles. The molecular weight excluding hydrogens is 432 g/mol. The summed E-state index contributed by atoms with van der Waals surface area (Å²) in [7, 11) is -2.38. The largest absolute Gasteiger partial charge is 0.407 e. The summed E-state index contributed by atoms with van der Waals surface area (Å²) in [6.45, 7) is 9.44. The van der Waals surface area contributed by atoms with Crippen molar-refractivity contribution in [2.75, 3.05) is 13.2 Å². The van der Waals surface area contributed by atoms with Crippen molar-refractivity contribution in [3.05, 3.63) is 96.6 Å². The highest BCUT2D eigenvalue weighted by Gasteiger charge is 2.49. The molecule has 0 aliphatic carbocycles. The van der Waals surface area contributed by atoms with Gasteiger partial charge in [0.2, 0.25) is 0 Å². The Morgan fingerprint density at radius 3 is 1.50 bits per heavy atom. The molecule has 3 aromatic rings. The first-order valence-corrected chi connectivity index (χ1v) is 14.8. The summed E-state index contributed by atoms with van der Waals surface area (Å²) < 4.78 is 12.8. The van der Waals surface area contributed by atoms with E-state index in [4.69, 9.17) is 9.16 Å². The quantitative estimate of drug-likeness (QED) is 0.183. The molecule has 182 valence electrons. The molecule has 0 aliphatic rings. The van der Waals surface area contributed by atoms with Gasteiger partial charge in [0.05, 0.1) is 6.61 Å². The van der Waals surface area contributed by atoms with Crippen LogP contribution in [0.4, 0.5) is 0 Å². The predicted molar refractivity (Wildman–Crippen MR) is 147 cm³/mol. The normalized spacial score (nSPS) is 12.1. The average molecular weight is 475 g/mol. The van der Waals surface area contributed by atoms with E-state index in [-0.39, 0.29) is 5.04 Å². The first-order valence-electron chi connectivity index (χ1n) is 12.9. The Morgan fingerprint density at radius 1 is 0.559 bits per heavy atom. The van der Waals surface area contributed by atoms with Gasteiger partial charge in [0, 0.05) is 13.2 Å². The highest BCUT2D eigenvalue weighted by molar-refractivity contribution is 6.99. The van der Waals surface area contributed by atoms with Gasteiger partial charge in [-0.2, -0.15) is 0 Å². The van der Waals surface area contributed by atoms with E-state index < -0.39 is 8.32 Å². The topological polar surface area (TPSA) is 18.5 Å². The van der Waals surface area contributed by atoms with Crippen molar-refractivity contribution in [1.82, 2.24) is 0 Å². The van der Waals surface area contributed by atoms with Gasteiger partial charge in [-0.15, -0.1) is 0 Å². The molecule has 0 spiro atoms. The van der Waals surface area contributed by atoms with Crippen LogP contribution in [0.1, 0.15) is 64.9 Å². The second-order valence-corrected chi connectivity index (χ2v) is 14.5. The molecule has 0 fully saturated rings. The molecule has 3 heteroatoms. The van der Waals surface area contributed by atoms with Gasteiger partial charge in [-0.3, -0.25) is 0 Å². The van der Waals surface area contributed by atoms with Crippen LogP contribution in [-0.2, 0) is 15.8 Å².